The minimum Gasteiger partial charge on any atom is -0.501 e. The Hall–Kier alpha value is -3.23. The lowest BCUT2D eigenvalue weighted by molar-refractivity contribution is -0.143. The van der Waals surface area contributed by atoms with Crippen molar-refractivity contribution in [3.63, 3.8) is 0 Å². The summed E-state index contributed by atoms with van der Waals surface area (Å²) in [7, 11) is 0. The van der Waals surface area contributed by atoms with Crippen LogP contribution >= 0.6 is 0 Å². The van der Waals surface area contributed by atoms with E-state index in [9.17, 15) is 19.8 Å². The van der Waals surface area contributed by atoms with E-state index in [1.165, 1.54) is 6.20 Å². The summed E-state index contributed by atoms with van der Waals surface area (Å²) in [4.78, 5) is 35.4. The lowest BCUT2D eigenvalue weighted by atomic mass is 10.2. The maximum atomic E-state index is 12.3. The van der Waals surface area contributed by atoms with Gasteiger partial charge in [0.15, 0.2) is 11.5 Å². The van der Waals surface area contributed by atoms with Gasteiger partial charge in [-0.1, -0.05) is 6.07 Å². The Balaban J connectivity index is 2.21. The Morgan fingerprint density at radius 2 is 2.04 bits per heavy atom. The lowest BCUT2D eigenvalue weighted by Crippen LogP contribution is -2.35. The summed E-state index contributed by atoms with van der Waals surface area (Å²) in [5.41, 5.74) is -0.0877. The first-order valence-electron chi connectivity index (χ1n) is 7.60. The van der Waals surface area contributed by atoms with E-state index >= 15 is 0 Å². The minimum absolute atomic E-state index is 0.0147. The number of nitrogens with one attached hydrogen (secondary N) is 1. The molecule has 0 bridgehead atoms. The topological polar surface area (TPSA) is 135 Å². The Kier molecular flexibility index (Phi) is 5.83. The van der Waals surface area contributed by atoms with Crippen molar-refractivity contribution >= 4 is 11.9 Å². The zero-order chi connectivity index (χ0) is 18.4. The van der Waals surface area contributed by atoms with Crippen molar-refractivity contribution in [2.24, 2.45) is 0 Å². The number of aromatic hydroxyl groups is 2. The van der Waals surface area contributed by atoms with E-state index < -0.39 is 35.2 Å². The van der Waals surface area contributed by atoms with Gasteiger partial charge < -0.3 is 20.3 Å². The molecule has 0 aliphatic carbocycles. The van der Waals surface area contributed by atoms with E-state index in [1.54, 1.807) is 32.0 Å². The number of rotatable bonds is 6. The first-order chi connectivity index (χ1) is 11.9. The number of esters is 1. The second kappa shape index (κ2) is 8.04. The molecule has 0 aromatic carbocycles. The summed E-state index contributed by atoms with van der Waals surface area (Å²) in [6.07, 6.45) is 1.47. The molecule has 25 heavy (non-hydrogen) atoms. The second-order valence-electron chi connectivity index (χ2n) is 5.17. The smallest absolute Gasteiger partial charge is 0.307 e. The summed E-state index contributed by atoms with van der Waals surface area (Å²) in [6.45, 7) is 3.53. The zero-order valence-corrected chi connectivity index (χ0v) is 13.8. The fourth-order valence-corrected chi connectivity index (χ4v) is 2.02. The van der Waals surface area contributed by atoms with Crippen molar-refractivity contribution in [3.05, 3.63) is 30.1 Å². The van der Waals surface area contributed by atoms with Crippen molar-refractivity contribution in [1.82, 2.24) is 20.3 Å². The Morgan fingerprint density at radius 1 is 1.28 bits per heavy atom. The number of aromatic nitrogens is 3. The highest BCUT2D eigenvalue weighted by molar-refractivity contribution is 5.96. The average molecular weight is 346 g/mol. The van der Waals surface area contributed by atoms with Crippen LogP contribution in [0.3, 0.4) is 0 Å². The standard InChI is InChI=1S/C16H18N4O5/c1-3-25-11(21)8-9(2)18-15(23)12-13(22)16(24)20-14(19-12)10-6-4-5-7-17-10/h4-7,9,22H,3,8H2,1-2H3,(H,18,23)(H,19,20,24). The van der Waals surface area contributed by atoms with Crippen LogP contribution in [0, 0.1) is 0 Å². The number of carbonyl (C=O) groups excluding carboxylic acids is 2. The number of hydrogen-bond donors (Lipinski definition) is 3. The van der Waals surface area contributed by atoms with Crippen molar-refractivity contribution in [1.29, 1.82) is 0 Å². The van der Waals surface area contributed by atoms with Gasteiger partial charge in [0.25, 0.3) is 11.8 Å². The number of nitrogens with zero attached hydrogens (tertiary/aromatic N) is 3. The normalized spacial score (nSPS) is 11.6. The number of pyridine rings is 1. The third-order valence-corrected chi connectivity index (χ3v) is 3.13. The van der Waals surface area contributed by atoms with Crippen LogP contribution in [0.5, 0.6) is 11.6 Å². The molecule has 2 heterocycles. The molecular formula is C16H18N4O5. The van der Waals surface area contributed by atoms with Crippen LogP contribution in [0.1, 0.15) is 30.8 Å². The van der Waals surface area contributed by atoms with Crippen molar-refractivity contribution < 1.29 is 24.5 Å². The second-order valence-corrected chi connectivity index (χ2v) is 5.17. The summed E-state index contributed by atoms with van der Waals surface area (Å²) < 4.78 is 4.81. The van der Waals surface area contributed by atoms with Gasteiger partial charge in [-0.05, 0) is 26.0 Å². The Morgan fingerprint density at radius 3 is 2.68 bits per heavy atom. The lowest BCUT2D eigenvalue weighted by Gasteiger charge is -2.14. The molecule has 0 spiro atoms. The summed E-state index contributed by atoms with van der Waals surface area (Å²) in [6, 6.07) is 4.42. The van der Waals surface area contributed by atoms with E-state index in [4.69, 9.17) is 4.74 Å². The predicted molar refractivity (Wildman–Crippen MR) is 86.8 cm³/mol. The third kappa shape index (κ3) is 4.63. The molecule has 0 aliphatic heterocycles. The maximum Gasteiger partial charge on any atom is 0.307 e. The molecule has 0 radical (unpaired) electrons. The molecular weight excluding hydrogens is 328 g/mol. The van der Waals surface area contributed by atoms with Gasteiger partial charge >= 0.3 is 5.97 Å². The molecule has 1 amide bonds. The van der Waals surface area contributed by atoms with Crippen LogP contribution < -0.4 is 5.32 Å². The first-order valence-corrected chi connectivity index (χ1v) is 7.60. The number of hydrogen-bond acceptors (Lipinski definition) is 8. The number of carbonyl (C=O) groups is 2. The first kappa shape index (κ1) is 18.1. The number of amides is 1. The van der Waals surface area contributed by atoms with Gasteiger partial charge in [0.05, 0.1) is 13.0 Å². The molecule has 0 fully saturated rings. The SMILES string of the molecule is CCOC(=O)CC(C)NC(=O)c1nc(-c2ccccn2)nc(O)c1O. The van der Waals surface area contributed by atoms with Gasteiger partial charge in [-0.3, -0.25) is 14.6 Å². The maximum absolute atomic E-state index is 12.3. The predicted octanol–water partition coefficient (Wildman–Crippen LogP) is 1.02. The molecule has 1 unspecified atom stereocenters. The van der Waals surface area contributed by atoms with Crippen LogP contribution in [0.2, 0.25) is 0 Å². The monoisotopic (exact) mass is 346 g/mol. The highest BCUT2D eigenvalue weighted by atomic mass is 16.5. The fourth-order valence-electron chi connectivity index (χ4n) is 2.02. The number of ether oxygens (including phenoxy) is 1. The molecule has 9 heteroatoms. The van der Waals surface area contributed by atoms with Crippen LogP contribution in [-0.2, 0) is 9.53 Å². The van der Waals surface area contributed by atoms with Gasteiger partial charge in [-0.15, -0.1) is 0 Å². The van der Waals surface area contributed by atoms with Gasteiger partial charge in [-0.2, -0.15) is 4.98 Å². The van der Waals surface area contributed by atoms with Gasteiger partial charge in [0.1, 0.15) is 5.69 Å². The quantitative estimate of drug-likeness (QED) is 0.660. The van der Waals surface area contributed by atoms with E-state index in [-0.39, 0.29) is 18.9 Å². The summed E-state index contributed by atoms with van der Waals surface area (Å²) in [5.74, 6) is -2.72. The van der Waals surface area contributed by atoms with Crippen LogP contribution in [0.15, 0.2) is 24.4 Å². The molecule has 9 nitrogen and oxygen atoms in total. The van der Waals surface area contributed by atoms with Crippen LogP contribution in [-0.4, -0.2) is 49.7 Å². The highest BCUT2D eigenvalue weighted by Gasteiger charge is 2.22. The molecule has 1 atom stereocenters. The van der Waals surface area contributed by atoms with E-state index in [0.717, 1.165) is 0 Å². The van der Waals surface area contributed by atoms with Crippen LogP contribution in [0.4, 0.5) is 0 Å². The molecule has 3 N–H and O–H groups in total. The van der Waals surface area contributed by atoms with Crippen LogP contribution in [0.25, 0.3) is 11.5 Å². The summed E-state index contributed by atoms with van der Waals surface area (Å²) >= 11 is 0. The fraction of sp³-hybridized carbons (Fsp3) is 0.312. The molecule has 0 saturated carbocycles. The molecule has 2 aromatic rings. The molecule has 0 aliphatic rings. The van der Waals surface area contributed by atoms with Crippen molar-refractivity contribution in [2.45, 2.75) is 26.3 Å². The Labute approximate surface area is 143 Å². The van der Waals surface area contributed by atoms with Gasteiger partial charge in [-0.25, -0.2) is 4.98 Å². The average Bonchev–Trinajstić information content (AvgIpc) is 2.57. The minimum atomic E-state index is -0.760. The Bertz CT molecular complexity index is 767. The molecule has 0 saturated heterocycles. The van der Waals surface area contributed by atoms with Gasteiger partial charge in [0.2, 0.25) is 5.75 Å². The van der Waals surface area contributed by atoms with E-state index in [1.807, 2.05) is 0 Å². The van der Waals surface area contributed by atoms with Crippen molar-refractivity contribution in [3.8, 4) is 23.1 Å². The summed E-state index contributed by atoms with van der Waals surface area (Å²) in [5, 5.41) is 22.1. The molecule has 2 aromatic heterocycles. The van der Waals surface area contributed by atoms with Gasteiger partial charge in [0, 0.05) is 12.2 Å². The van der Waals surface area contributed by atoms with Crippen molar-refractivity contribution in [2.75, 3.05) is 6.61 Å². The highest BCUT2D eigenvalue weighted by Crippen LogP contribution is 2.28. The largest absolute Gasteiger partial charge is 0.501 e. The zero-order valence-electron chi connectivity index (χ0n) is 13.8. The molecule has 132 valence electrons. The third-order valence-electron chi connectivity index (χ3n) is 3.13. The van der Waals surface area contributed by atoms with E-state index in [2.05, 4.69) is 20.3 Å². The van der Waals surface area contributed by atoms with E-state index in [0.29, 0.717) is 5.69 Å². The molecule has 2 rings (SSSR count).